The van der Waals surface area contributed by atoms with Crippen LogP contribution in [0.3, 0.4) is 0 Å². The van der Waals surface area contributed by atoms with Gasteiger partial charge in [0.05, 0.1) is 0 Å². The van der Waals surface area contributed by atoms with E-state index in [4.69, 9.17) is 0 Å². The van der Waals surface area contributed by atoms with Crippen LogP contribution in [0.1, 0.15) is 23.2 Å². The van der Waals surface area contributed by atoms with Crippen molar-refractivity contribution in [3.8, 4) is 10.6 Å². The Morgan fingerprint density at radius 2 is 1.81 bits per heavy atom. The molecule has 1 aliphatic carbocycles. The molecule has 2 aromatic carbocycles. The molecular weight excluding hydrogens is 346 g/mol. The molecule has 26 heavy (non-hydrogen) atoms. The average Bonchev–Trinajstić information content (AvgIpc) is 3.37. The Bertz CT molecular complexity index is 932. The summed E-state index contributed by atoms with van der Waals surface area (Å²) in [6, 6.07) is 14.5. The van der Waals surface area contributed by atoms with E-state index in [1.165, 1.54) is 0 Å². The van der Waals surface area contributed by atoms with Crippen LogP contribution in [0.4, 0.5) is 11.4 Å². The van der Waals surface area contributed by atoms with Crippen LogP contribution in [0.25, 0.3) is 10.6 Å². The molecule has 0 radical (unpaired) electrons. The maximum atomic E-state index is 12.5. The van der Waals surface area contributed by atoms with Gasteiger partial charge in [0.15, 0.2) is 0 Å². The van der Waals surface area contributed by atoms with E-state index < -0.39 is 0 Å². The summed E-state index contributed by atoms with van der Waals surface area (Å²) in [7, 11) is 0. The molecule has 0 spiro atoms. The predicted octanol–water partition coefficient (Wildman–Crippen LogP) is 4.41. The number of anilines is 2. The van der Waals surface area contributed by atoms with Crippen molar-refractivity contribution in [1.29, 1.82) is 0 Å². The van der Waals surface area contributed by atoms with Crippen LogP contribution in [-0.4, -0.2) is 16.8 Å². The Hall–Kier alpha value is -2.99. The third kappa shape index (κ3) is 3.81. The van der Waals surface area contributed by atoms with Gasteiger partial charge in [-0.2, -0.15) is 0 Å². The zero-order valence-electron chi connectivity index (χ0n) is 13.9. The van der Waals surface area contributed by atoms with Crippen molar-refractivity contribution in [3.63, 3.8) is 0 Å². The van der Waals surface area contributed by atoms with Crippen LogP contribution in [0.2, 0.25) is 0 Å². The zero-order valence-corrected chi connectivity index (χ0v) is 14.8. The van der Waals surface area contributed by atoms with E-state index in [2.05, 4.69) is 15.6 Å². The van der Waals surface area contributed by atoms with Crippen molar-refractivity contribution in [1.82, 2.24) is 4.98 Å². The van der Waals surface area contributed by atoms with Crippen LogP contribution < -0.4 is 10.6 Å². The van der Waals surface area contributed by atoms with E-state index in [0.717, 1.165) is 23.4 Å². The number of aromatic nitrogens is 1. The van der Waals surface area contributed by atoms with Crippen LogP contribution in [0.15, 0.2) is 60.1 Å². The van der Waals surface area contributed by atoms with Gasteiger partial charge < -0.3 is 10.6 Å². The highest BCUT2D eigenvalue weighted by Crippen LogP contribution is 2.30. The minimum absolute atomic E-state index is 0.0567. The Labute approximate surface area is 155 Å². The molecule has 130 valence electrons. The molecule has 1 saturated carbocycles. The van der Waals surface area contributed by atoms with Gasteiger partial charge in [0, 0.05) is 40.0 Å². The van der Waals surface area contributed by atoms with Crippen molar-refractivity contribution in [2.75, 3.05) is 10.6 Å². The van der Waals surface area contributed by atoms with Gasteiger partial charge in [0.25, 0.3) is 5.91 Å². The Kier molecular flexibility index (Phi) is 4.50. The van der Waals surface area contributed by atoms with Crippen LogP contribution in [0.5, 0.6) is 0 Å². The molecule has 0 saturated heterocycles. The molecule has 2 amide bonds. The second-order valence-electron chi connectivity index (χ2n) is 6.21. The van der Waals surface area contributed by atoms with Gasteiger partial charge in [-0.05, 0) is 49.2 Å². The Morgan fingerprint density at radius 1 is 1.00 bits per heavy atom. The summed E-state index contributed by atoms with van der Waals surface area (Å²) in [4.78, 5) is 28.5. The number of carbonyl (C=O) groups is 2. The molecule has 3 aromatic rings. The molecule has 0 atom stereocenters. The fourth-order valence-corrected chi connectivity index (χ4v) is 3.23. The number of carbonyl (C=O) groups excluding carboxylic acids is 2. The molecule has 1 heterocycles. The fraction of sp³-hybridized carbons (Fsp3) is 0.150. The van der Waals surface area contributed by atoms with Crippen LogP contribution in [-0.2, 0) is 4.79 Å². The summed E-state index contributed by atoms with van der Waals surface area (Å²) in [5.74, 6) is 0.0191. The molecular formula is C20H17N3O2S. The standard InChI is InChI=1S/C20H17N3O2S/c24-18(13-4-5-13)22-16-8-6-14(7-9-16)19(25)23-17-3-1-2-15(12-17)20-21-10-11-26-20/h1-3,6-13H,4-5H2,(H,22,24)(H,23,25). The van der Waals surface area contributed by atoms with Crippen molar-refractivity contribution >= 4 is 34.5 Å². The first-order chi connectivity index (χ1) is 12.7. The second kappa shape index (κ2) is 7.09. The van der Waals surface area contributed by atoms with Gasteiger partial charge in [-0.15, -0.1) is 11.3 Å². The molecule has 4 rings (SSSR count). The van der Waals surface area contributed by atoms with E-state index in [1.54, 1.807) is 41.8 Å². The minimum atomic E-state index is -0.193. The molecule has 1 aromatic heterocycles. The Morgan fingerprint density at radius 3 is 2.50 bits per heavy atom. The SMILES string of the molecule is O=C(Nc1cccc(-c2nccs2)c1)c1ccc(NC(=O)C2CC2)cc1. The van der Waals surface area contributed by atoms with Gasteiger partial charge in [0.2, 0.25) is 5.91 Å². The molecule has 1 fully saturated rings. The van der Waals surface area contributed by atoms with E-state index >= 15 is 0 Å². The molecule has 2 N–H and O–H groups in total. The highest BCUT2D eigenvalue weighted by atomic mass is 32.1. The molecule has 6 heteroatoms. The highest BCUT2D eigenvalue weighted by Gasteiger charge is 2.29. The second-order valence-corrected chi connectivity index (χ2v) is 7.11. The van der Waals surface area contributed by atoms with Gasteiger partial charge in [-0.3, -0.25) is 9.59 Å². The van der Waals surface area contributed by atoms with Crippen molar-refractivity contribution in [3.05, 3.63) is 65.7 Å². The van der Waals surface area contributed by atoms with Gasteiger partial charge >= 0.3 is 0 Å². The normalized spacial score (nSPS) is 13.2. The third-order valence-corrected chi connectivity index (χ3v) is 4.98. The number of nitrogens with zero attached hydrogens (tertiary/aromatic N) is 1. The van der Waals surface area contributed by atoms with Crippen molar-refractivity contribution in [2.24, 2.45) is 5.92 Å². The lowest BCUT2D eigenvalue weighted by atomic mass is 10.1. The summed E-state index contributed by atoms with van der Waals surface area (Å²) in [6.45, 7) is 0. The zero-order chi connectivity index (χ0) is 17.9. The van der Waals surface area contributed by atoms with Gasteiger partial charge in [-0.25, -0.2) is 4.98 Å². The van der Waals surface area contributed by atoms with Gasteiger partial charge in [-0.1, -0.05) is 12.1 Å². The summed E-state index contributed by atoms with van der Waals surface area (Å²) < 4.78 is 0. The van der Waals surface area contributed by atoms with Crippen LogP contribution in [0, 0.1) is 5.92 Å². The number of rotatable bonds is 5. The van der Waals surface area contributed by atoms with E-state index in [1.807, 2.05) is 29.6 Å². The quantitative estimate of drug-likeness (QED) is 0.705. The highest BCUT2D eigenvalue weighted by molar-refractivity contribution is 7.13. The summed E-state index contributed by atoms with van der Waals surface area (Å²) >= 11 is 1.55. The monoisotopic (exact) mass is 363 g/mol. The molecule has 0 aliphatic heterocycles. The number of nitrogens with one attached hydrogen (secondary N) is 2. The first kappa shape index (κ1) is 16.5. The van der Waals surface area contributed by atoms with E-state index in [9.17, 15) is 9.59 Å². The van der Waals surface area contributed by atoms with Crippen LogP contribution >= 0.6 is 11.3 Å². The minimum Gasteiger partial charge on any atom is -0.326 e. The molecule has 0 bridgehead atoms. The van der Waals surface area contributed by atoms with Gasteiger partial charge in [0.1, 0.15) is 5.01 Å². The number of hydrogen-bond donors (Lipinski definition) is 2. The lowest BCUT2D eigenvalue weighted by Crippen LogP contribution is -2.14. The molecule has 1 aliphatic rings. The summed E-state index contributed by atoms with van der Waals surface area (Å²) in [5, 5.41) is 8.60. The molecule has 5 nitrogen and oxygen atoms in total. The first-order valence-electron chi connectivity index (χ1n) is 8.41. The first-order valence-corrected chi connectivity index (χ1v) is 9.29. The lowest BCUT2D eigenvalue weighted by Gasteiger charge is -2.08. The number of amides is 2. The average molecular weight is 363 g/mol. The molecule has 0 unspecified atom stereocenters. The number of thiazole rings is 1. The third-order valence-electron chi connectivity index (χ3n) is 4.16. The fourth-order valence-electron chi connectivity index (χ4n) is 2.59. The van der Waals surface area contributed by atoms with Crippen molar-refractivity contribution in [2.45, 2.75) is 12.8 Å². The lowest BCUT2D eigenvalue weighted by molar-refractivity contribution is -0.117. The topological polar surface area (TPSA) is 71.1 Å². The van der Waals surface area contributed by atoms with Crippen molar-refractivity contribution < 1.29 is 9.59 Å². The predicted molar refractivity (Wildman–Crippen MR) is 103 cm³/mol. The maximum Gasteiger partial charge on any atom is 0.255 e. The Balaban J connectivity index is 1.43. The summed E-state index contributed by atoms with van der Waals surface area (Å²) in [6.07, 6.45) is 3.69. The smallest absolute Gasteiger partial charge is 0.255 e. The van der Waals surface area contributed by atoms with E-state index in [-0.39, 0.29) is 17.7 Å². The summed E-state index contributed by atoms with van der Waals surface area (Å²) in [5.41, 5.74) is 2.93. The van der Waals surface area contributed by atoms with E-state index in [0.29, 0.717) is 16.9 Å². The maximum absolute atomic E-state index is 12.5. The number of hydrogen-bond acceptors (Lipinski definition) is 4. The number of benzene rings is 2. The largest absolute Gasteiger partial charge is 0.326 e.